The SMILES string of the molecule is C=CCOC(=O)C1=C(C)N=C2SC=C(CC(=O)NCCOC)N2[C@@H]1c1ccc(C(C)C)cc1. The van der Waals surface area contributed by atoms with Gasteiger partial charge in [-0.3, -0.25) is 4.79 Å². The monoisotopic (exact) mass is 469 g/mol. The molecule has 0 aliphatic carbocycles. The quantitative estimate of drug-likeness (QED) is 0.313. The summed E-state index contributed by atoms with van der Waals surface area (Å²) in [6, 6.07) is 7.80. The number of esters is 1. The highest BCUT2D eigenvalue weighted by atomic mass is 32.2. The number of thioether (sulfide) groups is 1. The summed E-state index contributed by atoms with van der Waals surface area (Å²) in [4.78, 5) is 32.2. The van der Waals surface area contributed by atoms with Gasteiger partial charge in [0.2, 0.25) is 5.91 Å². The van der Waals surface area contributed by atoms with Crippen LogP contribution in [0.15, 0.2) is 64.3 Å². The summed E-state index contributed by atoms with van der Waals surface area (Å²) in [7, 11) is 1.59. The Hall–Kier alpha value is -2.84. The van der Waals surface area contributed by atoms with Gasteiger partial charge < -0.3 is 19.7 Å². The second kappa shape index (κ2) is 11.3. The first-order valence-corrected chi connectivity index (χ1v) is 11.8. The molecule has 0 aromatic heterocycles. The largest absolute Gasteiger partial charge is 0.458 e. The number of nitrogens with one attached hydrogen (secondary N) is 1. The van der Waals surface area contributed by atoms with Crippen molar-refractivity contribution in [2.75, 3.05) is 26.9 Å². The molecule has 1 aromatic carbocycles. The molecule has 0 bridgehead atoms. The normalized spacial score (nSPS) is 17.5. The van der Waals surface area contributed by atoms with Crippen LogP contribution in [-0.4, -0.2) is 48.8 Å². The maximum atomic E-state index is 13.1. The average Bonchev–Trinajstić information content (AvgIpc) is 3.18. The molecule has 0 spiro atoms. The van der Waals surface area contributed by atoms with Crippen LogP contribution in [0.2, 0.25) is 0 Å². The van der Waals surface area contributed by atoms with Gasteiger partial charge in [-0.25, -0.2) is 9.79 Å². The van der Waals surface area contributed by atoms with Gasteiger partial charge in [0, 0.05) is 19.4 Å². The zero-order valence-corrected chi connectivity index (χ0v) is 20.4. The lowest BCUT2D eigenvalue weighted by Gasteiger charge is -2.36. The minimum absolute atomic E-state index is 0.115. The summed E-state index contributed by atoms with van der Waals surface area (Å²) in [6.07, 6.45) is 1.71. The molecule has 1 amide bonds. The van der Waals surface area contributed by atoms with E-state index in [0.29, 0.717) is 30.3 Å². The van der Waals surface area contributed by atoms with Gasteiger partial charge in [-0.2, -0.15) is 0 Å². The number of amidine groups is 1. The average molecular weight is 470 g/mol. The second-order valence-corrected chi connectivity index (χ2v) is 8.96. The van der Waals surface area contributed by atoms with E-state index in [1.807, 2.05) is 29.4 Å². The molecule has 0 saturated carbocycles. The van der Waals surface area contributed by atoms with Gasteiger partial charge in [0.1, 0.15) is 6.61 Å². The number of hydrogen-bond donors (Lipinski definition) is 1. The Morgan fingerprint density at radius 1 is 1.30 bits per heavy atom. The van der Waals surface area contributed by atoms with Crippen molar-refractivity contribution in [3.8, 4) is 0 Å². The van der Waals surface area contributed by atoms with Gasteiger partial charge >= 0.3 is 5.97 Å². The maximum Gasteiger partial charge on any atom is 0.338 e. The predicted octanol–water partition coefficient (Wildman–Crippen LogP) is 4.27. The molecule has 2 heterocycles. The van der Waals surface area contributed by atoms with Crippen molar-refractivity contribution in [2.45, 2.75) is 39.2 Å². The van der Waals surface area contributed by atoms with Gasteiger partial charge in [0.15, 0.2) is 5.17 Å². The van der Waals surface area contributed by atoms with Crippen LogP contribution in [-0.2, 0) is 19.1 Å². The summed E-state index contributed by atoms with van der Waals surface area (Å²) in [5.41, 5.74) is 4.01. The van der Waals surface area contributed by atoms with E-state index < -0.39 is 12.0 Å². The van der Waals surface area contributed by atoms with Crippen molar-refractivity contribution in [2.24, 2.45) is 4.99 Å². The van der Waals surface area contributed by atoms with E-state index in [1.165, 1.54) is 17.3 Å². The summed E-state index contributed by atoms with van der Waals surface area (Å²) in [5, 5.41) is 5.52. The number of benzene rings is 1. The summed E-state index contributed by atoms with van der Waals surface area (Å²) >= 11 is 1.45. The lowest BCUT2D eigenvalue weighted by molar-refractivity contribution is -0.138. The van der Waals surface area contributed by atoms with Gasteiger partial charge in [0.25, 0.3) is 0 Å². The fourth-order valence-electron chi connectivity index (χ4n) is 3.74. The smallest absolute Gasteiger partial charge is 0.338 e. The van der Waals surface area contributed by atoms with Crippen LogP contribution in [0, 0.1) is 0 Å². The first kappa shape index (κ1) is 24.8. The van der Waals surface area contributed by atoms with E-state index in [-0.39, 0.29) is 18.9 Å². The van der Waals surface area contributed by atoms with E-state index in [4.69, 9.17) is 9.47 Å². The molecule has 8 heteroatoms. The predicted molar refractivity (Wildman–Crippen MR) is 132 cm³/mol. The van der Waals surface area contributed by atoms with Crippen LogP contribution in [0.5, 0.6) is 0 Å². The van der Waals surface area contributed by atoms with Crippen LogP contribution >= 0.6 is 11.8 Å². The van der Waals surface area contributed by atoms with Crippen molar-refractivity contribution in [1.82, 2.24) is 10.2 Å². The number of methoxy groups -OCH3 is 1. The number of carbonyl (C=O) groups excluding carboxylic acids is 2. The van der Waals surface area contributed by atoms with E-state index in [2.05, 4.69) is 42.9 Å². The fourth-order valence-corrected chi connectivity index (χ4v) is 4.71. The number of hydrogen-bond acceptors (Lipinski definition) is 7. The standard InChI is InChI=1S/C25H31N3O4S/c1-6-12-32-24(30)22-17(4)27-25-28(20(15-33-25)14-21(29)26-11-13-31-5)23(22)19-9-7-18(8-10-19)16(2)3/h6-10,15-16,23H,1,11-14H2,2-5H3,(H,26,29)/t23-/m1/s1. The molecular formula is C25H31N3O4S. The molecule has 2 aliphatic heterocycles. The van der Waals surface area contributed by atoms with Crippen molar-refractivity contribution in [1.29, 1.82) is 0 Å². The maximum absolute atomic E-state index is 13.1. The van der Waals surface area contributed by atoms with Crippen LogP contribution in [0.4, 0.5) is 0 Å². The molecular weight excluding hydrogens is 438 g/mol. The number of ether oxygens (including phenoxy) is 2. The van der Waals surface area contributed by atoms with Gasteiger partial charge in [-0.05, 0) is 29.4 Å². The van der Waals surface area contributed by atoms with E-state index in [1.54, 1.807) is 13.2 Å². The molecule has 176 valence electrons. The zero-order chi connectivity index (χ0) is 24.0. The molecule has 0 fully saturated rings. The van der Waals surface area contributed by atoms with E-state index in [9.17, 15) is 9.59 Å². The highest BCUT2D eigenvalue weighted by Crippen LogP contribution is 2.45. The van der Waals surface area contributed by atoms with E-state index >= 15 is 0 Å². The molecule has 33 heavy (non-hydrogen) atoms. The number of allylic oxidation sites excluding steroid dienone is 1. The van der Waals surface area contributed by atoms with E-state index in [0.717, 1.165) is 16.4 Å². The summed E-state index contributed by atoms with van der Waals surface area (Å²) < 4.78 is 10.4. The Balaban J connectivity index is 1.97. The Bertz CT molecular complexity index is 995. The number of aliphatic imine (C=N–C) groups is 1. The summed E-state index contributed by atoms with van der Waals surface area (Å²) in [5.74, 6) is -0.157. The highest BCUT2D eigenvalue weighted by Gasteiger charge is 2.41. The Labute approximate surface area is 199 Å². The van der Waals surface area contributed by atoms with Crippen LogP contribution < -0.4 is 5.32 Å². The Morgan fingerprint density at radius 3 is 2.67 bits per heavy atom. The van der Waals surface area contributed by atoms with Gasteiger partial charge in [-0.15, -0.1) is 0 Å². The van der Waals surface area contributed by atoms with Crippen LogP contribution in [0.1, 0.15) is 50.3 Å². The lowest BCUT2D eigenvalue weighted by atomic mass is 9.92. The van der Waals surface area contributed by atoms with Crippen molar-refractivity contribution in [3.05, 3.63) is 70.4 Å². The minimum atomic E-state index is -0.441. The minimum Gasteiger partial charge on any atom is -0.458 e. The molecule has 7 nitrogen and oxygen atoms in total. The molecule has 3 rings (SSSR count). The first-order valence-electron chi connectivity index (χ1n) is 10.9. The molecule has 0 radical (unpaired) electrons. The Kier molecular flexibility index (Phi) is 8.52. The molecule has 1 N–H and O–H groups in total. The van der Waals surface area contributed by atoms with Crippen molar-refractivity contribution < 1.29 is 19.1 Å². The first-order chi connectivity index (χ1) is 15.9. The van der Waals surface area contributed by atoms with Crippen molar-refractivity contribution in [3.63, 3.8) is 0 Å². The summed E-state index contributed by atoms with van der Waals surface area (Å²) in [6.45, 7) is 10.7. The molecule has 1 aromatic rings. The highest BCUT2D eigenvalue weighted by molar-refractivity contribution is 8.16. The van der Waals surface area contributed by atoms with Gasteiger partial charge in [-0.1, -0.05) is 62.5 Å². The fraction of sp³-hybridized carbons (Fsp3) is 0.400. The molecule has 0 unspecified atom stereocenters. The molecule has 0 saturated heterocycles. The second-order valence-electron chi connectivity index (χ2n) is 8.12. The zero-order valence-electron chi connectivity index (χ0n) is 19.6. The van der Waals surface area contributed by atoms with Crippen LogP contribution in [0.3, 0.4) is 0 Å². The topological polar surface area (TPSA) is 80.2 Å². The lowest BCUT2D eigenvalue weighted by Crippen LogP contribution is -2.38. The third-order valence-corrected chi connectivity index (χ3v) is 6.33. The number of rotatable bonds is 10. The number of carbonyl (C=O) groups is 2. The number of amides is 1. The molecule has 2 aliphatic rings. The third kappa shape index (κ3) is 5.75. The number of fused-ring (bicyclic) bond motifs is 1. The van der Waals surface area contributed by atoms with Crippen molar-refractivity contribution >= 4 is 28.8 Å². The molecule has 1 atom stereocenters. The van der Waals surface area contributed by atoms with Gasteiger partial charge in [0.05, 0.1) is 30.3 Å². The third-order valence-electron chi connectivity index (χ3n) is 5.44. The van der Waals surface area contributed by atoms with Crippen LogP contribution in [0.25, 0.3) is 0 Å². The Morgan fingerprint density at radius 2 is 2.03 bits per heavy atom. The number of nitrogens with zero attached hydrogens (tertiary/aromatic N) is 2.